The summed E-state index contributed by atoms with van der Waals surface area (Å²) in [6, 6.07) is 0. The lowest BCUT2D eigenvalue weighted by atomic mass is 9.98. The van der Waals surface area contributed by atoms with Crippen molar-refractivity contribution < 1.29 is 10.2 Å². The highest BCUT2D eigenvalue weighted by Crippen LogP contribution is 2.15. The van der Waals surface area contributed by atoms with Gasteiger partial charge in [0.2, 0.25) is 0 Å². The average Bonchev–Trinajstić information content (AvgIpc) is 2.23. The fraction of sp³-hybridized carbons (Fsp3) is 0.154. The first-order chi connectivity index (χ1) is 7.99. The molecule has 0 aromatic carbocycles. The van der Waals surface area contributed by atoms with Gasteiger partial charge in [-0.1, -0.05) is 13.2 Å². The van der Waals surface area contributed by atoms with Gasteiger partial charge < -0.3 is 15.2 Å². The molecule has 17 heavy (non-hydrogen) atoms. The molecular weight excluding hydrogens is 218 g/mol. The normalized spacial score (nSPS) is 15.3. The molecule has 0 spiro atoms. The van der Waals surface area contributed by atoms with E-state index in [1.54, 1.807) is 0 Å². The van der Waals surface area contributed by atoms with Crippen LogP contribution in [0, 0.1) is 0 Å². The van der Waals surface area contributed by atoms with Crippen molar-refractivity contribution in [2.24, 2.45) is 0 Å². The Bertz CT molecular complexity index is 680. The fourth-order valence-electron chi connectivity index (χ4n) is 1.95. The van der Waals surface area contributed by atoms with E-state index in [0.29, 0.717) is 29.0 Å². The SMILES string of the molecule is C=C(O)/C=c1/c(=O)[nH]c2c(c1=C)CCC(O)=C2. The molecule has 0 amide bonds. The number of aromatic nitrogens is 1. The standard InChI is InChI=1S/C13H13NO3/c1-7(15)5-11-8(2)10-4-3-9(16)6-12(10)14-13(11)17/h5-6,15-16H,1-4H2,(H,14,17)/b11-5+. The number of allylic oxidation sites excluding steroid dienone is 2. The molecule has 1 aromatic heterocycles. The van der Waals surface area contributed by atoms with Gasteiger partial charge in [0.15, 0.2) is 0 Å². The molecule has 4 heteroatoms. The molecular formula is C13H13NO3. The monoisotopic (exact) mass is 231 g/mol. The van der Waals surface area contributed by atoms with E-state index >= 15 is 0 Å². The second kappa shape index (κ2) is 3.97. The Kier molecular flexibility index (Phi) is 2.63. The lowest BCUT2D eigenvalue weighted by Crippen LogP contribution is -2.43. The summed E-state index contributed by atoms with van der Waals surface area (Å²) >= 11 is 0. The Balaban J connectivity index is 2.83. The van der Waals surface area contributed by atoms with Crippen LogP contribution < -0.4 is 16.0 Å². The van der Waals surface area contributed by atoms with E-state index in [4.69, 9.17) is 5.11 Å². The molecule has 0 radical (unpaired) electrons. The molecule has 1 aliphatic carbocycles. The summed E-state index contributed by atoms with van der Waals surface area (Å²) in [7, 11) is 0. The summed E-state index contributed by atoms with van der Waals surface area (Å²) in [6.45, 7) is 7.18. The van der Waals surface area contributed by atoms with Crippen molar-refractivity contribution in [1.29, 1.82) is 0 Å². The molecule has 1 heterocycles. The van der Waals surface area contributed by atoms with Gasteiger partial charge >= 0.3 is 0 Å². The fourth-order valence-corrected chi connectivity index (χ4v) is 1.95. The van der Waals surface area contributed by atoms with Crippen LogP contribution in [-0.4, -0.2) is 15.2 Å². The lowest BCUT2D eigenvalue weighted by Gasteiger charge is -2.13. The van der Waals surface area contributed by atoms with E-state index < -0.39 is 0 Å². The maximum Gasteiger partial charge on any atom is 0.256 e. The molecule has 0 unspecified atom stereocenters. The van der Waals surface area contributed by atoms with Crippen molar-refractivity contribution in [2.75, 3.05) is 0 Å². The first-order valence-corrected chi connectivity index (χ1v) is 5.22. The molecule has 4 nitrogen and oxygen atoms in total. The molecule has 0 bridgehead atoms. The zero-order chi connectivity index (χ0) is 12.6. The molecule has 1 aliphatic rings. The van der Waals surface area contributed by atoms with Crippen molar-refractivity contribution in [3.63, 3.8) is 0 Å². The minimum Gasteiger partial charge on any atom is -0.512 e. The van der Waals surface area contributed by atoms with Crippen molar-refractivity contribution in [3.05, 3.63) is 50.1 Å². The molecule has 3 N–H and O–H groups in total. The third kappa shape index (κ3) is 2.01. The Labute approximate surface area is 97.6 Å². The highest BCUT2D eigenvalue weighted by atomic mass is 16.3. The van der Waals surface area contributed by atoms with Crippen LogP contribution in [0.15, 0.2) is 22.9 Å². The van der Waals surface area contributed by atoms with Crippen molar-refractivity contribution >= 4 is 18.7 Å². The maximum atomic E-state index is 11.8. The third-order valence-corrected chi connectivity index (χ3v) is 2.76. The molecule has 1 aromatic rings. The van der Waals surface area contributed by atoms with Gasteiger partial charge in [0.1, 0.15) is 5.76 Å². The topological polar surface area (TPSA) is 73.3 Å². The van der Waals surface area contributed by atoms with Crippen molar-refractivity contribution in [1.82, 2.24) is 4.98 Å². The second-order valence-corrected chi connectivity index (χ2v) is 4.01. The quantitative estimate of drug-likeness (QED) is 0.615. The number of hydrogen-bond acceptors (Lipinski definition) is 3. The average molecular weight is 231 g/mol. The highest BCUT2D eigenvalue weighted by Gasteiger charge is 2.12. The predicted molar refractivity (Wildman–Crippen MR) is 67.0 cm³/mol. The molecule has 0 saturated carbocycles. The van der Waals surface area contributed by atoms with Crippen LogP contribution in [0.3, 0.4) is 0 Å². The van der Waals surface area contributed by atoms with E-state index in [-0.39, 0.29) is 17.1 Å². The van der Waals surface area contributed by atoms with Crippen LogP contribution in [-0.2, 0) is 6.42 Å². The van der Waals surface area contributed by atoms with E-state index in [9.17, 15) is 9.90 Å². The Morgan fingerprint density at radius 2 is 2.18 bits per heavy atom. The van der Waals surface area contributed by atoms with Gasteiger partial charge in [-0.25, -0.2) is 0 Å². The molecule has 2 rings (SSSR count). The van der Waals surface area contributed by atoms with Crippen LogP contribution >= 0.6 is 0 Å². The van der Waals surface area contributed by atoms with Gasteiger partial charge in [-0.3, -0.25) is 4.79 Å². The zero-order valence-corrected chi connectivity index (χ0v) is 9.29. The molecule has 0 atom stereocenters. The number of H-pyrrole nitrogens is 1. The largest absolute Gasteiger partial charge is 0.512 e. The first kappa shape index (κ1) is 11.3. The summed E-state index contributed by atoms with van der Waals surface area (Å²) in [5.74, 6) is 0.0606. The predicted octanol–water partition coefficient (Wildman–Crippen LogP) is 0.483. The molecule has 0 saturated heterocycles. The second-order valence-electron chi connectivity index (χ2n) is 4.01. The summed E-state index contributed by atoms with van der Waals surface area (Å²) < 4.78 is 0. The number of pyridine rings is 1. The van der Waals surface area contributed by atoms with Gasteiger partial charge in [0.25, 0.3) is 5.56 Å². The maximum absolute atomic E-state index is 11.8. The lowest BCUT2D eigenvalue weighted by molar-refractivity contribution is 0.391. The van der Waals surface area contributed by atoms with Crippen LogP contribution in [0.5, 0.6) is 0 Å². The van der Waals surface area contributed by atoms with Gasteiger partial charge in [-0.2, -0.15) is 0 Å². The number of nitrogens with one attached hydrogen (secondary N) is 1. The van der Waals surface area contributed by atoms with Crippen LogP contribution in [0.4, 0.5) is 0 Å². The van der Waals surface area contributed by atoms with Gasteiger partial charge in [-0.05, 0) is 29.4 Å². The Morgan fingerprint density at radius 1 is 1.47 bits per heavy atom. The van der Waals surface area contributed by atoms with Crippen LogP contribution in [0.25, 0.3) is 18.7 Å². The van der Waals surface area contributed by atoms with Crippen LogP contribution in [0.1, 0.15) is 17.7 Å². The summed E-state index contributed by atoms with van der Waals surface area (Å²) in [5.41, 5.74) is 1.12. The minimum absolute atomic E-state index is 0.186. The number of aliphatic hydroxyl groups excluding tert-OH is 2. The van der Waals surface area contributed by atoms with Gasteiger partial charge in [0, 0.05) is 12.1 Å². The zero-order valence-electron chi connectivity index (χ0n) is 9.29. The number of aromatic amines is 1. The first-order valence-electron chi connectivity index (χ1n) is 5.22. The highest BCUT2D eigenvalue weighted by molar-refractivity contribution is 5.55. The third-order valence-electron chi connectivity index (χ3n) is 2.76. The molecule has 88 valence electrons. The van der Waals surface area contributed by atoms with Gasteiger partial charge in [-0.15, -0.1) is 0 Å². The Morgan fingerprint density at radius 3 is 2.82 bits per heavy atom. The van der Waals surface area contributed by atoms with Crippen molar-refractivity contribution in [3.8, 4) is 0 Å². The van der Waals surface area contributed by atoms with E-state index in [1.807, 2.05) is 0 Å². The summed E-state index contributed by atoms with van der Waals surface area (Å²) in [6.07, 6.45) is 3.97. The smallest absolute Gasteiger partial charge is 0.256 e. The number of fused-ring (bicyclic) bond motifs is 1. The van der Waals surface area contributed by atoms with E-state index in [2.05, 4.69) is 18.1 Å². The minimum atomic E-state index is -0.352. The Hall–Kier alpha value is -2.23. The summed E-state index contributed by atoms with van der Waals surface area (Å²) in [4.78, 5) is 14.4. The number of rotatable bonds is 1. The summed E-state index contributed by atoms with van der Waals surface area (Å²) in [5, 5.41) is 19.4. The van der Waals surface area contributed by atoms with E-state index in [1.165, 1.54) is 12.2 Å². The molecule has 0 fully saturated rings. The van der Waals surface area contributed by atoms with Gasteiger partial charge in [0.05, 0.1) is 11.0 Å². The number of hydrogen-bond donors (Lipinski definition) is 3. The van der Waals surface area contributed by atoms with Crippen molar-refractivity contribution in [2.45, 2.75) is 12.8 Å². The van der Waals surface area contributed by atoms with Crippen LogP contribution in [0.2, 0.25) is 0 Å². The van der Waals surface area contributed by atoms with E-state index in [0.717, 1.165) is 5.56 Å². The molecule has 0 aliphatic heterocycles. The number of aliphatic hydroxyl groups is 2.